The van der Waals surface area contributed by atoms with Crippen LogP contribution < -0.4 is 18.9 Å². The van der Waals surface area contributed by atoms with Crippen LogP contribution in [0.2, 0.25) is 0 Å². The van der Waals surface area contributed by atoms with Crippen molar-refractivity contribution in [2.45, 2.75) is 140 Å². The summed E-state index contributed by atoms with van der Waals surface area (Å²) in [5.41, 5.74) is 3.67. The summed E-state index contributed by atoms with van der Waals surface area (Å²) >= 11 is 0. The van der Waals surface area contributed by atoms with Crippen molar-refractivity contribution in [1.29, 1.82) is 0 Å². The summed E-state index contributed by atoms with van der Waals surface area (Å²) in [4.78, 5) is 23.0. The molecule has 11 nitrogen and oxygen atoms in total. The summed E-state index contributed by atoms with van der Waals surface area (Å²) in [6, 6.07) is 25.8. The Morgan fingerprint density at radius 2 is 1.52 bits per heavy atom. The molecule has 8 rings (SSSR count). The van der Waals surface area contributed by atoms with Gasteiger partial charge in [0.1, 0.15) is 30.4 Å². The number of ether oxygens (including phenoxy) is 5. The summed E-state index contributed by atoms with van der Waals surface area (Å²) < 4.78 is 33.0. The quantitative estimate of drug-likeness (QED) is 0.0341. The molecule has 4 aromatic carbocycles. The number of hydrogen-bond acceptors (Lipinski definition) is 10. The van der Waals surface area contributed by atoms with E-state index in [0.29, 0.717) is 48.7 Å². The highest BCUT2D eigenvalue weighted by atomic mass is 16.7. The fraction of sp³-hybridized carbons (Fsp3) is 0.517. The van der Waals surface area contributed by atoms with Crippen LogP contribution in [0.3, 0.4) is 0 Å². The number of carbonyl (C=O) groups is 1. The van der Waals surface area contributed by atoms with Crippen LogP contribution in [0.4, 0.5) is 0 Å². The van der Waals surface area contributed by atoms with Crippen LogP contribution in [-0.2, 0) is 20.9 Å². The van der Waals surface area contributed by atoms with Crippen LogP contribution in [0.1, 0.15) is 133 Å². The van der Waals surface area contributed by atoms with Crippen molar-refractivity contribution in [2.75, 3.05) is 33.7 Å². The van der Waals surface area contributed by atoms with Crippen LogP contribution in [0.5, 0.6) is 28.7 Å². The van der Waals surface area contributed by atoms with E-state index in [1.54, 1.807) is 13.2 Å². The van der Waals surface area contributed by atoms with Crippen LogP contribution in [0.25, 0.3) is 10.8 Å². The molecule has 2 aliphatic heterocycles. The Bertz CT molecular complexity index is 2400. The molecule has 0 saturated heterocycles. The molecule has 2 N–H and O–H groups in total. The highest BCUT2D eigenvalue weighted by Gasteiger charge is 2.65. The SMILES string of the molecule is C=CCOC12Oc3ccc(Oc4ccc5ccccc5c4)cc3C3C(CCCCO)C(CCCCO)C=C(C(=NOC)CC1N(Cc1ccc4c(c1)OCO4)C(=O)CCCCCCCCCCC)C32. The van der Waals surface area contributed by atoms with Crippen molar-refractivity contribution in [3.8, 4) is 28.7 Å². The lowest BCUT2D eigenvalue weighted by atomic mass is 9.55. The molecule has 0 bridgehead atoms. The van der Waals surface area contributed by atoms with Crippen LogP contribution in [0.15, 0.2) is 108 Å². The van der Waals surface area contributed by atoms with E-state index in [-0.39, 0.29) is 56.8 Å². The molecule has 4 aliphatic rings. The molecule has 2 aliphatic carbocycles. The predicted octanol–water partition coefficient (Wildman–Crippen LogP) is 12.6. The third-order valence-electron chi connectivity index (χ3n) is 14.8. The topological polar surface area (TPSA) is 129 Å². The lowest BCUT2D eigenvalue weighted by molar-refractivity contribution is -0.258. The molecule has 1 saturated carbocycles. The van der Waals surface area contributed by atoms with Crippen LogP contribution >= 0.6 is 0 Å². The Morgan fingerprint density at radius 1 is 0.812 bits per heavy atom. The number of benzene rings is 4. The van der Waals surface area contributed by atoms with Gasteiger partial charge in [-0.1, -0.05) is 125 Å². The largest absolute Gasteiger partial charge is 0.459 e. The van der Waals surface area contributed by atoms with E-state index in [4.69, 9.17) is 33.7 Å². The number of oxime groups is 1. The first-order valence-corrected chi connectivity index (χ1v) is 25.9. The molecule has 0 spiro atoms. The van der Waals surface area contributed by atoms with Crippen molar-refractivity contribution in [3.63, 3.8) is 0 Å². The highest BCUT2D eigenvalue weighted by Crippen LogP contribution is 2.62. The lowest BCUT2D eigenvalue weighted by Crippen LogP contribution is -2.70. The third kappa shape index (κ3) is 11.6. The lowest BCUT2D eigenvalue weighted by Gasteiger charge is -2.60. The minimum Gasteiger partial charge on any atom is -0.459 e. The normalized spacial score (nSPS) is 22.6. The molecule has 2 heterocycles. The average Bonchev–Trinajstić information content (AvgIpc) is 3.84. The van der Waals surface area contributed by atoms with E-state index >= 15 is 4.79 Å². The standard InChI is InChI=1S/C58H74N2O9/c1-4-6-7-8-9-10-11-12-13-24-55(63)60(39-41-25-29-52-53(34-41)66-40-65-52)54-38-50(59-64-3)48-36-44(22-16-18-31-61)47(23-17-19-32-62)56-49-37-46(68-45-27-26-42-20-14-15-21-43(42)35-45)28-30-51(49)69-58(54,57(48)56)67-33-5-2/h5,14-15,20-21,25-30,34-37,44,47,54,56-57,61-62H,2,4,6-13,16-19,22-24,31-33,38-40H2,1,3H3. The molecular formula is C58H74N2O9. The van der Waals surface area contributed by atoms with Crippen molar-refractivity contribution >= 4 is 22.4 Å². The van der Waals surface area contributed by atoms with Crippen LogP contribution in [0, 0.1) is 17.8 Å². The summed E-state index contributed by atoms with van der Waals surface area (Å²) in [6.45, 7) is 7.21. The average molecular weight is 943 g/mol. The van der Waals surface area contributed by atoms with E-state index in [9.17, 15) is 10.2 Å². The van der Waals surface area contributed by atoms with Crippen molar-refractivity contribution in [3.05, 3.63) is 114 Å². The molecule has 4 aromatic rings. The first-order chi connectivity index (χ1) is 33.9. The zero-order valence-corrected chi connectivity index (χ0v) is 41.0. The number of unbranched alkanes of at least 4 members (excludes halogenated alkanes) is 10. The molecule has 69 heavy (non-hydrogen) atoms. The fourth-order valence-corrected chi connectivity index (χ4v) is 11.5. The Kier molecular flexibility index (Phi) is 17.7. The summed E-state index contributed by atoms with van der Waals surface area (Å²) in [7, 11) is 1.58. The third-order valence-corrected chi connectivity index (χ3v) is 14.8. The number of hydrogen-bond donors (Lipinski definition) is 2. The molecule has 0 radical (unpaired) electrons. The van der Waals surface area contributed by atoms with Gasteiger partial charge in [-0.25, -0.2) is 0 Å². The zero-order chi connectivity index (χ0) is 48.0. The maximum absolute atomic E-state index is 15.3. The Hall–Kier alpha value is -5.36. The Morgan fingerprint density at radius 3 is 2.29 bits per heavy atom. The first-order valence-electron chi connectivity index (χ1n) is 25.9. The number of aliphatic hydroxyl groups excluding tert-OH is 2. The second-order valence-electron chi connectivity index (χ2n) is 19.4. The molecule has 11 heteroatoms. The van der Waals surface area contributed by atoms with Crippen molar-refractivity contribution in [2.24, 2.45) is 22.9 Å². The molecule has 1 amide bonds. The van der Waals surface area contributed by atoms with Gasteiger partial charge < -0.3 is 43.6 Å². The smallest absolute Gasteiger partial charge is 0.239 e. The minimum atomic E-state index is -1.37. The number of fused-ring (bicyclic) bond motifs is 4. The second kappa shape index (κ2) is 24.5. The number of allylic oxidation sites excluding steroid dienone is 1. The maximum Gasteiger partial charge on any atom is 0.239 e. The van der Waals surface area contributed by atoms with E-state index in [1.165, 1.54) is 38.5 Å². The molecule has 6 atom stereocenters. The zero-order valence-electron chi connectivity index (χ0n) is 41.0. The molecule has 6 unspecified atom stereocenters. The fourth-order valence-electron chi connectivity index (χ4n) is 11.5. The second-order valence-corrected chi connectivity index (χ2v) is 19.4. The molecule has 0 aromatic heterocycles. The number of carbonyl (C=O) groups excluding carboxylic acids is 1. The van der Waals surface area contributed by atoms with Crippen molar-refractivity contribution < 1.29 is 43.5 Å². The van der Waals surface area contributed by atoms with Gasteiger partial charge in [-0.2, -0.15) is 0 Å². The van der Waals surface area contributed by atoms with Gasteiger partial charge >= 0.3 is 0 Å². The summed E-state index contributed by atoms with van der Waals surface area (Å²) in [6.07, 6.45) is 19.9. The van der Waals surface area contributed by atoms with Gasteiger partial charge in [0.25, 0.3) is 0 Å². The predicted molar refractivity (Wildman–Crippen MR) is 271 cm³/mol. The maximum atomic E-state index is 15.3. The molecular weight excluding hydrogens is 869 g/mol. The molecule has 370 valence electrons. The number of amides is 1. The van der Waals surface area contributed by atoms with E-state index in [2.05, 4.69) is 49.9 Å². The monoisotopic (exact) mass is 943 g/mol. The number of aliphatic hydroxyl groups is 2. The van der Waals surface area contributed by atoms with Gasteiger partial charge in [-0.15, -0.1) is 6.58 Å². The van der Waals surface area contributed by atoms with E-state index in [1.807, 2.05) is 53.4 Å². The van der Waals surface area contributed by atoms with Gasteiger partial charge in [-0.05, 0) is 108 Å². The van der Waals surface area contributed by atoms with Gasteiger partial charge in [-0.3, -0.25) is 4.79 Å². The number of rotatable bonds is 27. The van der Waals surface area contributed by atoms with E-state index < -0.39 is 17.7 Å². The van der Waals surface area contributed by atoms with Crippen molar-refractivity contribution in [1.82, 2.24) is 4.90 Å². The summed E-state index contributed by atoms with van der Waals surface area (Å²) in [5, 5.41) is 27.1. The van der Waals surface area contributed by atoms with Gasteiger partial charge in [0, 0.05) is 44.1 Å². The summed E-state index contributed by atoms with van der Waals surface area (Å²) in [5.74, 6) is 1.66. The minimum absolute atomic E-state index is 0.0219. The van der Waals surface area contributed by atoms with Gasteiger partial charge in [0.2, 0.25) is 18.5 Å². The highest BCUT2D eigenvalue weighted by molar-refractivity contribution is 6.03. The Labute approximate surface area is 409 Å². The van der Waals surface area contributed by atoms with Gasteiger partial charge in [0.15, 0.2) is 11.5 Å². The van der Waals surface area contributed by atoms with E-state index in [0.717, 1.165) is 83.9 Å². The van der Waals surface area contributed by atoms with Crippen LogP contribution in [-0.4, -0.2) is 72.3 Å². The molecule has 1 fully saturated rings. The Balaban J connectivity index is 1.24. The number of nitrogens with zero attached hydrogens (tertiary/aromatic N) is 2. The first kappa shape index (κ1) is 50.0. The van der Waals surface area contributed by atoms with Gasteiger partial charge in [0.05, 0.1) is 18.2 Å².